The van der Waals surface area contributed by atoms with Crippen molar-refractivity contribution >= 4 is 15.9 Å². The van der Waals surface area contributed by atoms with Gasteiger partial charge in [-0.05, 0) is 41.5 Å². The number of halogens is 1. The van der Waals surface area contributed by atoms with Crippen LogP contribution in [0.4, 0.5) is 0 Å². The monoisotopic (exact) mass is 272 g/mol. The summed E-state index contributed by atoms with van der Waals surface area (Å²) in [5.74, 6) is 0. The molecule has 1 heterocycles. The number of aromatic nitrogens is 1. The van der Waals surface area contributed by atoms with E-state index in [1.54, 1.807) is 13.3 Å². The zero-order valence-corrected chi connectivity index (χ0v) is 11.0. The second kappa shape index (κ2) is 6.20. The van der Waals surface area contributed by atoms with Crippen molar-refractivity contribution in [3.05, 3.63) is 28.5 Å². The van der Waals surface area contributed by atoms with E-state index in [4.69, 9.17) is 4.74 Å². The van der Waals surface area contributed by atoms with Crippen LogP contribution in [0.1, 0.15) is 12.5 Å². The second-order valence-electron chi connectivity index (χ2n) is 3.73. The molecule has 0 radical (unpaired) electrons. The van der Waals surface area contributed by atoms with E-state index in [2.05, 4.69) is 45.9 Å². The zero-order chi connectivity index (χ0) is 11.3. The number of nitrogens with zero attached hydrogens (tertiary/aromatic N) is 2. The van der Waals surface area contributed by atoms with Gasteiger partial charge in [0, 0.05) is 36.6 Å². The number of methoxy groups -OCH3 is 1. The summed E-state index contributed by atoms with van der Waals surface area (Å²) in [6, 6.07) is 2.50. The van der Waals surface area contributed by atoms with Gasteiger partial charge in [0.15, 0.2) is 0 Å². The lowest BCUT2D eigenvalue weighted by molar-refractivity contribution is 0.112. The topological polar surface area (TPSA) is 25.4 Å². The molecule has 0 aliphatic rings. The summed E-state index contributed by atoms with van der Waals surface area (Å²) < 4.78 is 6.14. The third-order valence-corrected chi connectivity index (χ3v) is 2.79. The maximum atomic E-state index is 5.12. The lowest BCUT2D eigenvalue weighted by Crippen LogP contribution is -2.32. The number of hydrogen-bond acceptors (Lipinski definition) is 3. The summed E-state index contributed by atoms with van der Waals surface area (Å²) in [6.45, 7) is 3.78. The van der Waals surface area contributed by atoms with Crippen molar-refractivity contribution in [2.75, 3.05) is 20.8 Å². The highest BCUT2D eigenvalue weighted by molar-refractivity contribution is 9.10. The van der Waals surface area contributed by atoms with Crippen LogP contribution in [0.15, 0.2) is 22.9 Å². The molecule has 84 valence electrons. The van der Waals surface area contributed by atoms with E-state index in [1.165, 1.54) is 5.56 Å². The van der Waals surface area contributed by atoms with Crippen LogP contribution in [0.5, 0.6) is 0 Å². The first-order valence-corrected chi connectivity index (χ1v) is 5.71. The molecule has 0 saturated carbocycles. The van der Waals surface area contributed by atoms with Crippen LogP contribution in [0.25, 0.3) is 0 Å². The minimum absolute atomic E-state index is 0.411. The normalized spacial score (nSPS) is 13.1. The molecule has 1 aromatic rings. The number of likely N-dealkylation sites (N-methyl/N-ethyl adjacent to an activating group) is 1. The minimum atomic E-state index is 0.411. The highest BCUT2D eigenvalue weighted by Crippen LogP contribution is 2.12. The Morgan fingerprint density at radius 3 is 2.87 bits per heavy atom. The SMILES string of the molecule is COCC(C)N(C)Cc1cncc(Br)c1. The first-order chi connectivity index (χ1) is 7.13. The van der Waals surface area contributed by atoms with Crippen molar-refractivity contribution in [3.8, 4) is 0 Å². The molecular formula is C11H17BrN2O. The van der Waals surface area contributed by atoms with E-state index in [9.17, 15) is 0 Å². The van der Waals surface area contributed by atoms with E-state index >= 15 is 0 Å². The Morgan fingerprint density at radius 1 is 1.53 bits per heavy atom. The lowest BCUT2D eigenvalue weighted by atomic mass is 10.2. The van der Waals surface area contributed by atoms with Gasteiger partial charge in [0.25, 0.3) is 0 Å². The van der Waals surface area contributed by atoms with Gasteiger partial charge in [0.05, 0.1) is 6.61 Å². The average molecular weight is 273 g/mol. The van der Waals surface area contributed by atoms with Crippen LogP contribution >= 0.6 is 15.9 Å². The molecular weight excluding hydrogens is 256 g/mol. The summed E-state index contributed by atoms with van der Waals surface area (Å²) >= 11 is 3.41. The predicted molar refractivity (Wildman–Crippen MR) is 64.7 cm³/mol. The summed E-state index contributed by atoms with van der Waals surface area (Å²) in [7, 11) is 3.82. The Kier molecular flexibility index (Phi) is 5.22. The fraction of sp³-hybridized carbons (Fsp3) is 0.545. The highest BCUT2D eigenvalue weighted by Gasteiger charge is 2.09. The Hall–Kier alpha value is -0.450. The Balaban J connectivity index is 2.54. The molecule has 1 unspecified atom stereocenters. The molecule has 0 aromatic carbocycles. The first-order valence-electron chi connectivity index (χ1n) is 4.92. The Morgan fingerprint density at radius 2 is 2.27 bits per heavy atom. The second-order valence-corrected chi connectivity index (χ2v) is 4.65. The van der Waals surface area contributed by atoms with Gasteiger partial charge >= 0.3 is 0 Å². The highest BCUT2D eigenvalue weighted by atomic mass is 79.9. The van der Waals surface area contributed by atoms with Crippen LogP contribution in [0.2, 0.25) is 0 Å². The van der Waals surface area contributed by atoms with Crippen LogP contribution in [0, 0.1) is 0 Å². The van der Waals surface area contributed by atoms with Gasteiger partial charge in [0.2, 0.25) is 0 Å². The third kappa shape index (κ3) is 4.28. The van der Waals surface area contributed by atoms with Crippen molar-refractivity contribution in [1.29, 1.82) is 0 Å². The van der Waals surface area contributed by atoms with E-state index in [0.717, 1.165) is 17.6 Å². The number of hydrogen-bond donors (Lipinski definition) is 0. The fourth-order valence-electron chi connectivity index (χ4n) is 1.35. The predicted octanol–water partition coefficient (Wildman–Crippen LogP) is 2.31. The van der Waals surface area contributed by atoms with Gasteiger partial charge in [-0.15, -0.1) is 0 Å². The maximum Gasteiger partial charge on any atom is 0.0615 e. The van der Waals surface area contributed by atoms with Gasteiger partial charge in [-0.3, -0.25) is 9.88 Å². The van der Waals surface area contributed by atoms with Crippen LogP contribution in [-0.2, 0) is 11.3 Å². The molecule has 0 amide bonds. The largest absolute Gasteiger partial charge is 0.383 e. The smallest absolute Gasteiger partial charge is 0.0615 e. The van der Waals surface area contributed by atoms with Crippen LogP contribution in [0.3, 0.4) is 0 Å². The average Bonchev–Trinajstić information content (AvgIpc) is 2.18. The molecule has 1 aromatic heterocycles. The van der Waals surface area contributed by atoms with E-state index in [-0.39, 0.29) is 0 Å². The molecule has 3 nitrogen and oxygen atoms in total. The molecule has 0 aliphatic carbocycles. The third-order valence-electron chi connectivity index (χ3n) is 2.35. The van der Waals surface area contributed by atoms with Crippen molar-refractivity contribution in [2.45, 2.75) is 19.5 Å². The Bertz CT molecular complexity index is 306. The van der Waals surface area contributed by atoms with Crippen molar-refractivity contribution in [2.24, 2.45) is 0 Å². The molecule has 15 heavy (non-hydrogen) atoms. The van der Waals surface area contributed by atoms with Gasteiger partial charge in [-0.25, -0.2) is 0 Å². The summed E-state index contributed by atoms with van der Waals surface area (Å²) in [5.41, 5.74) is 1.20. The minimum Gasteiger partial charge on any atom is -0.383 e. The Labute approximate surface area is 99.6 Å². The van der Waals surface area contributed by atoms with Gasteiger partial charge in [0.1, 0.15) is 0 Å². The van der Waals surface area contributed by atoms with Gasteiger partial charge in [-0.1, -0.05) is 0 Å². The molecule has 0 fully saturated rings. The zero-order valence-electron chi connectivity index (χ0n) is 9.40. The molecule has 0 spiro atoms. The van der Waals surface area contributed by atoms with Crippen molar-refractivity contribution in [1.82, 2.24) is 9.88 Å². The fourth-order valence-corrected chi connectivity index (χ4v) is 1.77. The molecule has 4 heteroatoms. The van der Waals surface area contributed by atoms with Crippen LogP contribution < -0.4 is 0 Å². The van der Waals surface area contributed by atoms with Crippen LogP contribution in [-0.4, -0.2) is 36.7 Å². The number of rotatable bonds is 5. The van der Waals surface area contributed by atoms with Crippen molar-refractivity contribution < 1.29 is 4.74 Å². The standard InChI is InChI=1S/C11H17BrN2O/c1-9(8-15-3)14(2)7-10-4-11(12)6-13-5-10/h4-6,9H,7-8H2,1-3H3. The maximum absolute atomic E-state index is 5.12. The number of pyridine rings is 1. The van der Waals surface area contributed by atoms with E-state index in [0.29, 0.717) is 6.04 Å². The summed E-state index contributed by atoms with van der Waals surface area (Å²) in [6.07, 6.45) is 3.68. The van der Waals surface area contributed by atoms with Crippen molar-refractivity contribution in [3.63, 3.8) is 0 Å². The van der Waals surface area contributed by atoms with E-state index < -0.39 is 0 Å². The lowest BCUT2D eigenvalue weighted by Gasteiger charge is -2.23. The van der Waals surface area contributed by atoms with E-state index in [1.807, 2.05) is 6.20 Å². The first kappa shape index (κ1) is 12.6. The molecule has 0 bridgehead atoms. The molecule has 1 rings (SSSR count). The number of ether oxygens (including phenoxy) is 1. The molecule has 0 saturated heterocycles. The molecule has 0 N–H and O–H groups in total. The summed E-state index contributed by atoms with van der Waals surface area (Å²) in [4.78, 5) is 6.38. The molecule has 0 aliphatic heterocycles. The van der Waals surface area contributed by atoms with Gasteiger partial charge in [-0.2, -0.15) is 0 Å². The quantitative estimate of drug-likeness (QED) is 0.823. The molecule has 1 atom stereocenters. The summed E-state index contributed by atoms with van der Waals surface area (Å²) in [5, 5.41) is 0. The van der Waals surface area contributed by atoms with Gasteiger partial charge < -0.3 is 4.74 Å².